The Balaban J connectivity index is 0.931. The maximum absolute atomic E-state index is 13.8. The average Bonchev–Trinajstić information content (AvgIpc) is 3.51. The van der Waals surface area contributed by atoms with Crippen LogP contribution in [0.25, 0.3) is 0 Å². The van der Waals surface area contributed by atoms with Crippen LogP contribution < -0.4 is 30.5 Å². The van der Waals surface area contributed by atoms with Gasteiger partial charge in [0.1, 0.15) is 30.0 Å². The van der Waals surface area contributed by atoms with Crippen LogP contribution in [0.15, 0.2) is 54.7 Å². The average molecular weight is 832 g/mol. The van der Waals surface area contributed by atoms with Crippen LogP contribution in [-0.2, 0) is 31.8 Å². The Morgan fingerprint density at radius 2 is 1.78 bits per heavy atom. The number of piperazine rings is 1. The number of nitrogens with one attached hydrogen (secondary N) is 3. The highest BCUT2D eigenvalue weighted by molar-refractivity contribution is 7.81. The zero-order chi connectivity index (χ0) is 42.2. The Hall–Kier alpha value is -5.64. The van der Waals surface area contributed by atoms with Gasteiger partial charge in [0.15, 0.2) is 10.8 Å². The molecular weight excluding hydrogens is 788 g/mol. The maximum Gasteiger partial charge on any atom is 0.419 e. The van der Waals surface area contributed by atoms with Crippen LogP contribution >= 0.6 is 12.2 Å². The molecule has 3 unspecified atom stereocenters. The molecule has 2 aromatic carbocycles. The number of benzene rings is 2. The zero-order valence-corrected chi connectivity index (χ0v) is 33.6. The maximum atomic E-state index is 13.8. The van der Waals surface area contributed by atoms with Gasteiger partial charge in [-0.3, -0.25) is 39.2 Å². The highest BCUT2D eigenvalue weighted by atomic mass is 32.1. The van der Waals surface area contributed by atoms with Gasteiger partial charge in [0.05, 0.1) is 24.0 Å². The van der Waals surface area contributed by atoms with Gasteiger partial charge < -0.3 is 20.3 Å². The molecule has 0 saturated carbocycles. The fourth-order valence-corrected chi connectivity index (χ4v) is 8.87. The van der Waals surface area contributed by atoms with E-state index in [0.717, 1.165) is 48.7 Å². The van der Waals surface area contributed by atoms with Gasteiger partial charge in [0, 0.05) is 55.2 Å². The fourth-order valence-electron chi connectivity index (χ4n) is 8.35. The van der Waals surface area contributed by atoms with Crippen LogP contribution in [0.3, 0.4) is 0 Å². The van der Waals surface area contributed by atoms with Crippen LogP contribution in [0.2, 0.25) is 0 Å². The number of amides is 4. The first-order chi connectivity index (χ1) is 28.1. The van der Waals surface area contributed by atoms with E-state index in [4.69, 9.17) is 17.0 Å². The number of nitrogens with zero attached hydrogens (tertiary/aromatic N) is 6. The molecule has 1 aromatic heterocycles. The summed E-state index contributed by atoms with van der Waals surface area (Å²) in [7, 11) is 0. The number of fused-ring (bicyclic) bond motifs is 2. The van der Waals surface area contributed by atoms with E-state index in [1.54, 1.807) is 43.0 Å². The summed E-state index contributed by atoms with van der Waals surface area (Å²) in [6.45, 7) is 8.20. The standard InChI is InChI=1S/C41H44F3N9O5S/c1-4-24-16-27(53-39(59)52(38(57)40(53,2)3)30-18-31(41(42,43)44)33(19-45)46-20-30)10-12-34(24)58-15-14-50-21-28-8-9-29(22-50)51(28)23-36(55)48-26-7-5-6-25(17-26)47-32-11-13-35(54)49-37(32)56/h5-7,10,12,16-18,20,28-29,32,47H,4,8-9,11,13-15,21-23H2,1-3H3,(H,48,55)(H,49,54,56). The van der Waals surface area contributed by atoms with Crippen molar-refractivity contribution in [2.45, 2.75) is 82.7 Å². The summed E-state index contributed by atoms with van der Waals surface area (Å²) in [5.74, 6) is -0.637. The Kier molecular flexibility index (Phi) is 11.6. The normalized spacial score (nSPS) is 22.0. The summed E-state index contributed by atoms with van der Waals surface area (Å²) in [5.41, 5.74) is -0.757. The monoisotopic (exact) mass is 831 g/mol. The van der Waals surface area contributed by atoms with Gasteiger partial charge in [0.2, 0.25) is 17.7 Å². The minimum atomic E-state index is -4.86. The zero-order valence-electron chi connectivity index (χ0n) is 32.8. The number of anilines is 4. The second kappa shape index (κ2) is 16.5. The molecule has 0 spiro atoms. The van der Waals surface area contributed by atoms with Crippen molar-refractivity contribution in [1.82, 2.24) is 20.1 Å². The highest BCUT2D eigenvalue weighted by Gasteiger charge is 2.51. The second-order valence-corrected chi connectivity index (χ2v) is 16.0. The lowest BCUT2D eigenvalue weighted by molar-refractivity contribution is -0.138. The predicted octanol–water partition coefficient (Wildman–Crippen LogP) is 4.83. The van der Waals surface area contributed by atoms with Crippen LogP contribution in [0.5, 0.6) is 5.75 Å². The number of carbonyl (C=O) groups is 4. The third-order valence-corrected chi connectivity index (χ3v) is 11.7. The van der Waals surface area contributed by atoms with E-state index < -0.39 is 34.9 Å². The molecule has 2 bridgehead atoms. The molecule has 310 valence electrons. The largest absolute Gasteiger partial charge is 0.492 e. The molecule has 0 aliphatic carbocycles. The Labute approximate surface area is 344 Å². The number of piperidine rings is 1. The Morgan fingerprint density at radius 3 is 2.46 bits per heavy atom. The number of thiocarbonyl (C=S) groups is 1. The van der Waals surface area contributed by atoms with Crippen molar-refractivity contribution >= 4 is 63.7 Å². The smallest absolute Gasteiger partial charge is 0.419 e. The number of aromatic nitrogens is 1. The van der Waals surface area contributed by atoms with Gasteiger partial charge in [-0.25, -0.2) is 4.98 Å². The summed E-state index contributed by atoms with van der Waals surface area (Å²) in [4.78, 5) is 61.5. The number of imide groups is 1. The fraction of sp³-hybridized carbons (Fsp3) is 0.439. The molecule has 5 heterocycles. The van der Waals surface area contributed by atoms with Crippen molar-refractivity contribution in [2.75, 3.05) is 53.2 Å². The third kappa shape index (κ3) is 8.59. The minimum absolute atomic E-state index is 0.0184. The molecular formula is C41H44F3N9O5S. The number of ether oxygens (including phenoxy) is 1. The molecule has 4 saturated heterocycles. The predicted molar refractivity (Wildman–Crippen MR) is 217 cm³/mol. The van der Waals surface area contributed by atoms with Crippen molar-refractivity contribution < 1.29 is 37.1 Å². The molecule has 3 atom stereocenters. The Bertz CT molecular complexity index is 2220. The number of hydrogen-bond donors (Lipinski definition) is 3. The molecule has 0 radical (unpaired) electrons. The number of hydrogen-bond acceptors (Lipinski definition) is 11. The number of alkyl halides is 3. The second-order valence-electron chi connectivity index (χ2n) is 15.6. The van der Waals surface area contributed by atoms with Crippen molar-refractivity contribution in [3.63, 3.8) is 0 Å². The van der Waals surface area contributed by atoms with Gasteiger partial charge in [0.25, 0.3) is 5.91 Å². The van der Waals surface area contributed by atoms with Gasteiger partial charge >= 0.3 is 6.18 Å². The number of likely N-dealkylation sites (tertiary alicyclic amines) is 1. The van der Waals surface area contributed by atoms with Crippen molar-refractivity contribution in [1.29, 1.82) is 5.26 Å². The lowest BCUT2D eigenvalue weighted by Gasteiger charge is -2.40. The number of pyridine rings is 1. The van der Waals surface area contributed by atoms with E-state index >= 15 is 0 Å². The lowest BCUT2D eigenvalue weighted by Crippen LogP contribution is -2.56. The molecule has 3 N–H and O–H groups in total. The summed E-state index contributed by atoms with van der Waals surface area (Å²) in [6, 6.07) is 14.7. The quantitative estimate of drug-likeness (QED) is 0.169. The molecule has 59 heavy (non-hydrogen) atoms. The summed E-state index contributed by atoms with van der Waals surface area (Å²) in [5, 5.41) is 17.6. The van der Waals surface area contributed by atoms with Gasteiger partial charge in [-0.1, -0.05) is 13.0 Å². The van der Waals surface area contributed by atoms with Gasteiger partial charge in [-0.05, 0) is 99.8 Å². The molecule has 3 aromatic rings. The van der Waals surface area contributed by atoms with Crippen LogP contribution in [0, 0.1) is 11.3 Å². The molecule has 4 amide bonds. The van der Waals surface area contributed by atoms with Crippen LogP contribution in [0.1, 0.15) is 63.3 Å². The van der Waals surface area contributed by atoms with Crippen molar-refractivity contribution in [3.8, 4) is 11.8 Å². The van der Waals surface area contributed by atoms with E-state index in [1.807, 2.05) is 25.1 Å². The molecule has 4 aliphatic heterocycles. The van der Waals surface area contributed by atoms with E-state index in [-0.39, 0.29) is 53.6 Å². The summed E-state index contributed by atoms with van der Waals surface area (Å²) in [6.07, 6.45) is -0.572. The molecule has 14 nitrogen and oxygen atoms in total. The van der Waals surface area contributed by atoms with Crippen molar-refractivity contribution in [3.05, 3.63) is 71.5 Å². The topological polar surface area (TPSA) is 163 Å². The molecule has 4 fully saturated rings. The van der Waals surface area contributed by atoms with E-state index in [9.17, 15) is 37.6 Å². The number of aryl methyl sites for hydroxylation is 1. The lowest BCUT2D eigenvalue weighted by atomic mass is 10.0. The van der Waals surface area contributed by atoms with Gasteiger partial charge in [-0.15, -0.1) is 0 Å². The number of nitriles is 1. The van der Waals surface area contributed by atoms with Crippen LogP contribution in [0.4, 0.5) is 35.9 Å². The first kappa shape index (κ1) is 41.5. The van der Waals surface area contributed by atoms with Gasteiger partial charge in [-0.2, -0.15) is 18.4 Å². The number of halogens is 3. The molecule has 4 aliphatic rings. The highest BCUT2D eigenvalue weighted by Crippen LogP contribution is 2.40. The van der Waals surface area contributed by atoms with Crippen molar-refractivity contribution in [2.24, 2.45) is 0 Å². The van der Waals surface area contributed by atoms with E-state index in [0.29, 0.717) is 48.8 Å². The van der Waals surface area contributed by atoms with Crippen LogP contribution in [-0.4, -0.2) is 100.0 Å². The SMILES string of the molecule is CCc1cc(N2C(=S)N(c3cnc(C#N)c(C(F)(F)F)c3)C(=O)C2(C)C)ccc1OCCN1CC2CCC(C1)N2CC(=O)Nc1cccc(NC2CCC(=O)NC2=O)c1. The molecule has 7 rings (SSSR count). The summed E-state index contributed by atoms with van der Waals surface area (Å²) < 4.78 is 47.5. The van der Waals surface area contributed by atoms with E-state index in [2.05, 4.69) is 30.7 Å². The number of carbonyl (C=O) groups excluding carboxylic acids is 4. The third-order valence-electron chi connectivity index (χ3n) is 11.3. The molecule has 18 heteroatoms. The Morgan fingerprint density at radius 1 is 1.05 bits per heavy atom. The summed E-state index contributed by atoms with van der Waals surface area (Å²) >= 11 is 5.70. The number of rotatable bonds is 12. The first-order valence-corrected chi connectivity index (χ1v) is 19.9. The first-order valence-electron chi connectivity index (χ1n) is 19.5. The minimum Gasteiger partial charge on any atom is -0.492 e. The van der Waals surface area contributed by atoms with E-state index in [1.165, 1.54) is 6.07 Å².